The zero-order valence-electron chi connectivity index (χ0n) is 11.5. The highest BCUT2D eigenvalue weighted by atomic mass is 79.9. The number of benzene rings is 1. The molecule has 1 N–H and O–H groups in total. The van der Waals surface area contributed by atoms with E-state index in [1.54, 1.807) is 6.92 Å². The van der Waals surface area contributed by atoms with Crippen LogP contribution < -0.4 is 4.72 Å². The zero-order valence-corrected chi connectivity index (χ0v) is 13.9. The van der Waals surface area contributed by atoms with Crippen LogP contribution in [0.3, 0.4) is 0 Å². The lowest BCUT2D eigenvalue weighted by atomic mass is 9.94. The molecule has 2 atom stereocenters. The van der Waals surface area contributed by atoms with E-state index in [4.69, 9.17) is 4.74 Å². The average molecular weight is 362 g/mol. The molecule has 1 aromatic rings. The number of hydrogen-bond acceptors (Lipinski definition) is 3. The monoisotopic (exact) mass is 361 g/mol. The number of halogens is 1. The molecule has 0 unspecified atom stereocenters. The zero-order chi connectivity index (χ0) is 14.6. The number of rotatable bonds is 5. The van der Waals surface area contributed by atoms with E-state index in [-0.39, 0.29) is 11.2 Å². The van der Waals surface area contributed by atoms with E-state index in [2.05, 4.69) is 20.7 Å². The smallest absolute Gasteiger partial charge is 0.214 e. The Hall–Kier alpha value is -0.430. The van der Waals surface area contributed by atoms with Gasteiger partial charge in [-0.3, -0.25) is 0 Å². The second-order valence-electron chi connectivity index (χ2n) is 5.04. The minimum atomic E-state index is -3.25. The third-order valence-electron chi connectivity index (χ3n) is 3.56. The van der Waals surface area contributed by atoms with Crippen molar-refractivity contribution >= 4 is 26.0 Å². The summed E-state index contributed by atoms with van der Waals surface area (Å²) in [7, 11) is -3.25. The summed E-state index contributed by atoms with van der Waals surface area (Å²) in [5.41, 5.74) is 1.14. The molecule has 0 saturated carbocycles. The van der Waals surface area contributed by atoms with Gasteiger partial charge in [-0.1, -0.05) is 35.0 Å². The maximum atomic E-state index is 12.3. The molecular formula is C14H20BrNO3S. The second kappa shape index (κ2) is 7.02. The van der Waals surface area contributed by atoms with Gasteiger partial charge in [0.2, 0.25) is 10.0 Å². The van der Waals surface area contributed by atoms with Gasteiger partial charge in [0.05, 0.1) is 11.9 Å². The van der Waals surface area contributed by atoms with Gasteiger partial charge in [-0.15, -0.1) is 0 Å². The molecule has 112 valence electrons. The van der Waals surface area contributed by atoms with Crippen molar-refractivity contribution in [2.45, 2.75) is 25.0 Å². The van der Waals surface area contributed by atoms with Crippen molar-refractivity contribution in [1.82, 2.24) is 4.72 Å². The molecule has 1 saturated heterocycles. The molecule has 1 fully saturated rings. The van der Waals surface area contributed by atoms with Gasteiger partial charge in [0.25, 0.3) is 0 Å². The first kappa shape index (κ1) is 15.9. The fourth-order valence-electron chi connectivity index (χ4n) is 2.61. The van der Waals surface area contributed by atoms with Crippen LogP contribution in [0.25, 0.3) is 0 Å². The average Bonchev–Trinajstić information content (AvgIpc) is 2.42. The summed E-state index contributed by atoms with van der Waals surface area (Å²) in [5, 5.41) is -0.361. The first-order valence-electron chi connectivity index (χ1n) is 6.83. The van der Waals surface area contributed by atoms with Crippen molar-refractivity contribution < 1.29 is 13.2 Å². The molecule has 20 heavy (non-hydrogen) atoms. The van der Waals surface area contributed by atoms with Crippen LogP contribution in [0.4, 0.5) is 0 Å². The van der Waals surface area contributed by atoms with Crippen LogP contribution in [0.2, 0.25) is 0 Å². The van der Waals surface area contributed by atoms with Gasteiger partial charge in [0.15, 0.2) is 0 Å². The molecule has 1 heterocycles. The van der Waals surface area contributed by atoms with Crippen molar-refractivity contribution in [2.75, 3.05) is 19.8 Å². The van der Waals surface area contributed by atoms with Gasteiger partial charge < -0.3 is 4.74 Å². The van der Waals surface area contributed by atoms with E-state index in [9.17, 15) is 8.42 Å². The molecule has 0 radical (unpaired) electrons. The number of nitrogens with one attached hydrogen (secondary N) is 1. The topological polar surface area (TPSA) is 55.4 Å². The summed E-state index contributed by atoms with van der Waals surface area (Å²) < 4.78 is 33.7. The Morgan fingerprint density at radius 2 is 2.05 bits per heavy atom. The Morgan fingerprint density at radius 1 is 1.35 bits per heavy atom. The summed E-state index contributed by atoms with van der Waals surface area (Å²) in [5.74, 6) is 0.00831. The number of hydrogen-bond donors (Lipinski definition) is 1. The van der Waals surface area contributed by atoms with Crippen LogP contribution in [0.1, 0.15) is 18.9 Å². The highest BCUT2D eigenvalue weighted by Crippen LogP contribution is 2.25. The highest BCUT2D eigenvalue weighted by Gasteiger charge is 2.35. The molecule has 4 nitrogen and oxygen atoms in total. The van der Waals surface area contributed by atoms with Crippen molar-refractivity contribution in [1.29, 1.82) is 0 Å². The van der Waals surface area contributed by atoms with E-state index in [1.807, 2.05) is 24.3 Å². The molecule has 1 aliphatic rings. The minimum Gasteiger partial charge on any atom is -0.381 e. The molecule has 2 rings (SSSR count). The quantitative estimate of drug-likeness (QED) is 0.875. The van der Waals surface area contributed by atoms with Crippen LogP contribution in [-0.2, 0) is 21.2 Å². The fraction of sp³-hybridized carbons (Fsp3) is 0.571. The van der Waals surface area contributed by atoms with Crippen molar-refractivity contribution in [3.63, 3.8) is 0 Å². The maximum absolute atomic E-state index is 12.3. The molecule has 0 spiro atoms. The van der Waals surface area contributed by atoms with Crippen LogP contribution in [0, 0.1) is 5.92 Å². The Balaban J connectivity index is 2.13. The van der Waals surface area contributed by atoms with Gasteiger partial charge in [-0.25, -0.2) is 13.1 Å². The first-order chi connectivity index (χ1) is 9.53. The van der Waals surface area contributed by atoms with Gasteiger partial charge in [-0.05, 0) is 30.5 Å². The maximum Gasteiger partial charge on any atom is 0.214 e. The first-order valence-corrected chi connectivity index (χ1v) is 9.17. The van der Waals surface area contributed by atoms with E-state index < -0.39 is 10.0 Å². The number of ether oxygens (including phenoxy) is 1. The summed E-state index contributed by atoms with van der Waals surface area (Å²) in [6.07, 6.45) is 1.29. The molecule has 0 aromatic heterocycles. The van der Waals surface area contributed by atoms with Crippen LogP contribution in [0.15, 0.2) is 28.7 Å². The lowest BCUT2D eigenvalue weighted by Crippen LogP contribution is -2.44. The van der Waals surface area contributed by atoms with Gasteiger partial charge in [0.1, 0.15) is 0 Å². The van der Waals surface area contributed by atoms with Gasteiger partial charge >= 0.3 is 0 Å². The molecule has 0 aliphatic carbocycles. The Kier molecular flexibility index (Phi) is 5.60. The largest absolute Gasteiger partial charge is 0.381 e. The van der Waals surface area contributed by atoms with Gasteiger partial charge in [-0.2, -0.15) is 0 Å². The third kappa shape index (κ3) is 4.04. The minimum absolute atomic E-state index is 0.00831. The summed E-state index contributed by atoms with van der Waals surface area (Å²) in [6, 6.07) is 8.00. The molecule has 1 aromatic carbocycles. The Bertz CT molecular complexity index is 530. The van der Waals surface area contributed by atoms with E-state index >= 15 is 0 Å². The Morgan fingerprint density at radius 3 is 2.70 bits per heavy atom. The summed E-state index contributed by atoms with van der Waals surface area (Å²) in [4.78, 5) is 0. The third-order valence-corrected chi connectivity index (χ3v) is 6.20. The predicted molar refractivity (Wildman–Crippen MR) is 83.2 cm³/mol. The molecular weight excluding hydrogens is 342 g/mol. The van der Waals surface area contributed by atoms with Crippen molar-refractivity contribution in [3.8, 4) is 0 Å². The molecule has 1 aliphatic heterocycles. The lowest BCUT2D eigenvalue weighted by Gasteiger charge is -2.31. The SMILES string of the molecule is CCNS(=O)(=O)[C@@H]1CCOC[C@H]1Cc1ccc(Br)cc1. The standard InChI is InChI=1S/C14H20BrNO3S/c1-2-16-20(17,18)14-7-8-19-10-12(14)9-11-3-5-13(15)6-4-11/h3-6,12,14,16H,2,7-10H2,1H3/t12-,14-/m1/s1. The van der Waals surface area contributed by atoms with Crippen molar-refractivity contribution in [2.24, 2.45) is 5.92 Å². The van der Waals surface area contributed by atoms with Crippen LogP contribution >= 0.6 is 15.9 Å². The second-order valence-corrected chi connectivity index (χ2v) is 7.94. The van der Waals surface area contributed by atoms with E-state index in [0.29, 0.717) is 26.2 Å². The fourth-order valence-corrected chi connectivity index (χ4v) is 4.58. The van der Waals surface area contributed by atoms with Crippen LogP contribution in [0.5, 0.6) is 0 Å². The van der Waals surface area contributed by atoms with E-state index in [1.165, 1.54) is 0 Å². The summed E-state index contributed by atoms with van der Waals surface area (Å²) in [6.45, 7) is 3.27. The van der Waals surface area contributed by atoms with Crippen molar-refractivity contribution in [3.05, 3.63) is 34.3 Å². The normalized spacial score (nSPS) is 23.7. The molecule has 0 bridgehead atoms. The Labute approximate surface area is 129 Å². The molecule has 6 heteroatoms. The lowest BCUT2D eigenvalue weighted by molar-refractivity contribution is 0.0570. The van der Waals surface area contributed by atoms with Gasteiger partial charge in [0, 0.05) is 23.5 Å². The van der Waals surface area contributed by atoms with E-state index in [0.717, 1.165) is 16.5 Å². The number of sulfonamides is 1. The van der Waals surface area contributed by atoms with Crippen LogP contribution in [-0.4, -0.2) is 33.4 Å². The predicted octanol–water partition coefficient (Wildman–Crippen LogP) is 2.34. The highest BCUT2D eigenvalue weighted by molar-refractivity contribution is 9.10. The summed E-state index contributed by atoms with van der Waals surface area (Å²) >= 11 is 3.40. The molecule has 0 amide bonds.